The quantitative estimate of drug-likeness (QED) is 0.427. The van der Waals surface area contributed by atoms with Crippen LogP contribution in [0.5, 0.6) is 5.75 Å². The Labute approximate surface area is 184 Å². The van der Waals surface area contributed by atoms with Gasteiger partial charge in [-0.2, -0.15) is 0 Å². The Hall–Kier alpha value is -4.45. The van der Waals surface area contributed by atoms with Crippen molar-refractivity contribution in [1.82, 2.24) is 10.3 Å². The Kier molecular flexibility index (Phi) is 4.88. The SMILES string of the molecule is O=C1Nc2ccc(C(=O)NCc3ccccc3)cc2C1=Cc1ccc(O)c2ncccc12. The van der Waals surface area contributed by atoms with Gasteiger partial charge in [-0.05, 0) is 47.5 Å². The maximum Gasteiger partial charge on any atom is 0.256 e. The Morgan fingerprint density at radius 1 is 1.03 bits per heavy atom. The normalized spacial score (nSPS) is 13.8. The third-order valence-corrected chi connectivity index (χ3v) is 5.44. The summed E-state index contributed by atoms with van der Waals surface area (Å²) in [6, 6.07) is 21.8. The van der Waals surface area contributed by atoms with E-state index in [-0.39, 0.29) is 17.6 Å². The molecule has 6 nitrogen and oxygen atoms in total. The molecule has 156 valence electrons. The third-order valence-electron chi connectivity index (χ3n) is 5.44. The molecule has 0 aliphatic carbocycles. The average molecular weight is 421 g/mol. The lowest BCUT2D eigenvalue weighted by molar-refractivity contribution is -0.110. The zero-order valence-corrected chi connectivity index (χ0v) is 17.0. The van der Waals surface area contributed by atoms with Crippen LogP contribution in [0.15, 0.2) is 79.0 Å². The molecule has 1 aliphatic rings. The van der Waals surface area contributed by atoms with Crippen molar-refractivity contribution in [3.8, 4) is 5.75 Å². The number of fused-ring (bicyclic) bond motifs is 2. The second-order valence-corrected chi connectivity index (χ2v) is 7.51. The summed E-state index contributed by atoms with van der Waals surface area (Å²) >= 11 is 0. The Balaban J connectivity index is 1.48. The lowest BCUT2D eigenvalue weighted by atomic mass is 9.99. The minimum Gasteiger partial charge on any atom is -0.506 e. The smallest absolute Gasteiger partial charge is 0.256 e. The summed E-state index contributed by atoms with van der Waals surface area (Å²) < 4.78 is 0. The number of carbonyl (C=O) groups is 2. The molecular weight excluding hydrogens is 402 g/mol. The van der Waals surface area contributed by atoms with Gasteiger partial charge in [0.2, 0.25) is 0 Å². The number of nitrogens with one attached hydrogen (secondary N) is 2. The van der Waals surface area contributed by atoms with Crippen LogP contribution in [-0.4, -0.2) is 21.9 Å². The van der Waals surface area contributed by atoms with Crippen LogP contribution in [-0.2, 0) is 11.3 Å². The van der Waals surface area contributed by atoms with Crippen LogP contribution in [0.3, 0.4) is 0 Å². The van der Waals surface area contributed by atoms with Crippen LogP contribution in [0.25, 0.3) is 22.6 Å². The van der Waals surface area contributed by atoms with Crippen molar-refractivity contribution in [2.24, 2.45) is 0 Å². The Morgan fingerprint density at radius 2 is 1.88 bits per heavy atom. The summed E-state index contributed by atoms with van der Waals surface area (Å²) in [7, 11) is 0. The maximum atomic E-state index is 12.7. The van der Waals surface area contributed by atoms with E-state index in [1.54, 1.807) is 48.7 Å². The third kappa shape index (κ3) is 3.58. The van der Waals surface area contributed by atoms with E-state index in [1.807, 2.05) is 36.4 Å². The van der Waals surface area contributed by atoms with Crippen LogP contribution >= 0.6 is 0 Å². The van der Waals surface area contributed by atoms with Crippen molar-refractivity contribution >= 4 is 40.1 Å². The molecule has 1 aliphatic heterocycles. The molecule has 32 heavy (non-hydrogen) atoms. The van der Waals surface area contributed by atoms with Gasteiger partial charge in [0.05, 0.1) is 0 Å². The van der Waals surface area contributed by atoms with Crippen LogP contribution in [0.4, 0.5) is 5.69 Å². The summed E-state index contributed by atoms with van der Waals surface area (Å²) in [5.41, 5.74) is 4.46. The number of aromatic nitrogens is 1. The number of pyridine rings is 1. The number of hydrogen-bond donors (Lipinski definition) is 3. The molecule has 5 rings (SSSR count). The summed E-state index contributed by atoms with van der Waals surface area (Å²) in [6.07, 6.45) is 3.37. The first kappa shape index (κ1) is 19.5. The number of aromatic hydroxyl groups is 1. The number of carbonyl (C=O) groups excluding carboxylic acids is 2. The zero-order chi connectivity index (χ0) is 22.1. The second kappa shape index (κ2) is 8.00. The molecule has 0 saturated heterocycles. The lowest BCUT2D eigenvalue weighted by Gasteiger charge is -2.08. The van der Waals surface area contributed by atoms with Crippen LogP contribution in [0.1, 0.15) is 27.0 Å². The van der Waals surface area contributed by atoms with E-state index in [0.29, 0.717) is 34.4 Å². The summed E-state index contributed by atoms with van der Waals surface area (Å²) in [5, 5.41) is 16.6. The average Bonchev–Trinajstić information content (AvgIpc) is 3.14. The van der Waals surface area contributed by atoms with Crippen LogP contribution in [0, 0.1) is 0 Å². The van der Waals surface area contributed by atoms with Gasteiger partial charge in [-0.3, -0.25) is 14.6 Å². The standard InChI is InChI=1S/C26H19N3O3/c30-23-11-9-17(19-7-4-12-27-24(19)23)13-21-20-14-18(8-10-22(20)29-26(21)32)25(31)28-15-16-5-2-1-3-6-16/h1-14,30H,15H2,(H,28,31)(H,29,32). The molecule has 0 saturated carbocycles. The van der Waals surface area contributed by atoms with Gasteiger partial charge in [0.15, 0.2) is 0 Å². The molecule has 6 heteroatoms. The first-order valence-electron chi connectivity index (χ1n) is 10.2. The molecule has 1 aromatic heterocycles. The van der Waals surface area contributed by atoms with Gasteiger partial charge in [-0.25, -0.2) is 0 Å². The molecule has 4 aromatic rings. The molecule has 0 fully saturated rings. The minimum atomic E-state index is -0.244. The fraction of sp³-hybridized carbons (Fsp3) is 0.0385. The van der Waals surface area contributed by atoms with E-state index in [2.05, 4.69) is 15.6 Å². The minimum absolute atomic E-state index is 0.0800. The van der Waals surface area contributed by atoms with Crippen LogP contribution in [0.2, 0.25) is 0 Å². The molecular formula is C26H19N3O3. The molecule has 3 aromatic carbocycles. The topological polar surface area (TPSA) is 91.3 Å². The maximum absolute atomic E-state index is 12.7. The van der Waals surface area contributed by atoms with Crippen molar-refractivity contribution in [3.63, 3.8) is 0 Å². The number of benzene rings is 3. The summed E-state index contributed by atoms with van der Waals surface area (Å²) in [4.78, 5) is 29.6. The van der Waals surface area contributed by atoms with Gasteiger partial charge >= 0.3 is 0 Å². The Morgan fingerprint density at radius 3 is 2.72 bits per heavy atom. The number of nitrogens with zero attached hydrogens (tertiary/aromatic N) is 1. The van der Waals surface area contributed by atoms with Crippen molar-refractivity contribution in [2.45, 2.75) is 6.54 Å². The van der Waals surface area contributed by atoms with Gasteiger partial charge in [-0.1, -0.05) is 42.5 Å². The Bertz CT molecular complexity index is 1390. The fourth-order valence-electron chi connectivity index (χ4n) is 3.81. The largest absolute Gasteiger partial charge is 0.506 e. The molecule has 3 N–H and O–H groups in total. The van der Waals surface area contributed by atoms with E-state index >= 15 is 0 Å². The number of hydrogen-bond acceptors (Lipinski definition) is 4. The molecule has 2 amide bonds. The van der Waals surface area contributed by atoms with Gasteiger partial charge in [0.25, 0.3) is 11.8 Å². The van der Waals surface area contributed by atoms with Crippen molar-refractivity contribution in [2.75, 3.05) is 5.32 Å². The number of anilines is 1. The highest BCUT2D eigenvalue weighted by molar-refractivity contribution is 6.35. The highest BCUT2D eigenvalue weighted by atomic mass is 16.3. The highest BCUT2D eigenvalue weighted by Crippen LogP contribution is 2.35. The second-order valence-electron chi connectivity index (χ2n) is 7.51. The monoisotopic (exact) mass is 421 g/mol. The molecule has 0 atom stereocenters. The molecule has 0 unspecified atom stereocenters. The van der Waals surface area contributed by atoms with E-state index in [1.165, 1.54) is 0 Å². The van der Waals surface area contributed by atoms with Gasteiger partial charge < -0.3 is 15.7 Å². The van der Waals surface area contributed by atoms with Gasteiger partial charge in [0.1, 0.15) is 11.3 Å². The zero-order valence-electron chi connectivity index (χ0n) is 17.0. The molecule has 2 heterocycles. The van der Waals surface area contributed by atoms with Crippen LogP contribution < -0.4 is 10.6 Å². The predicted octanol–water partition coefficient (Wildman–Crippen LogP) is 4.36. The van der Waals surface area contributed by atoms with E-state index < -0.39 is 0 Å². The first-order chi connectivity index (χ1) is 15.6. The number of rotatable bonds is 4. The van der Waals surface area contributed by atoms with Crippen molar-refractivity contribution in [1.29, 1.82) is 0 Å². The molecule has 0 spiro atoms. The lowest BCUT2D eigenvalue weighted by Crippen LogP contribution is -2.22. The number of phenols is 1. The van der Waals surface area contributed by atoms with E-state index in [9.17, 15) is 14.7 Å². The van der Waals surface area contributed by atoms with Crippen molar-refractivity contribution in [3.05, 3.63) is 101 Å². The van der Waals surface area contributed by atoms with E-state index in [0.717, 1.165) is 16.5 Å². The van der Waals surface area contributed by atoms with E-state index in [4.69, 9.17) is 0 Å². The van der Waals surface area contributed by atoms with Crippen molar-refractivity contribution < 1.29 is 14.7 Å². The molecule has 0 radical (unpaired) electrons. The summed E-state index contributed by atoms with van der Waals surface area (Å²) in [6.45, 7) is 0.420. The summed E-state index contributed by atoms with van der Waals surface area (Å²) in [5.74, 6) is -0.377. The molecule has 0 bridgehead atoms. The van der Waals surface area contributed by atoms with Gasteiger partial charge in [0, 0.05) is 40.5 Å². The highest BCUT2D eigenvalue weighted by Gasteiger charge is 2.25. The van der Waals surface area contributed by atoms with Gasteiger partial charge in [-0.15, -0.1) is 0 Å². The number of phenolic OH excluding ortho intramolecular Hbond substituents is 1. The number of amides is 2. The predicted molar refractivity (Wildman–Crippen MR) is 124 cm³/mol. The first-order valence-corrected chi connectivity index (χ1v) is 10.2. The fourth-order valence-corrected chi connectivity index (χ4v) is 3.81.